The fraction of sp³-hybridized carbons (Fsp3) is 0.190. The van der Waals surface area contributed by atoms with Crippen LogP contribution in [0, 0.1) is 10.1 Å². The van der Waals surface area contributed by atoms with Gasteiger partial charge in [0.2, 0.25) is 0 Å². The maximum atomic E-state index is 10.8. The normalized spacial score (nSPS) is 11.1. The second-order valence-electron chi connectivity index (χ2n) is 6.23. The van der Waals surface area contributed by atoms with E-state index in [1.54, 1.807) is 30.6 Å². The van der Waals surface area contributed by atoms with Crippen molar-refractivity contribution in [3.8, 4) is 5.75 Å². The van der Waals surface area contributed by atoms with Gasteiger partial charge in [-0.05, 0) is 34.7 Å². The molecule has 0 aliphatic heterocycles. The minimum atomic E-state index is -0.402. The molecule has 0 aliphatic carbocycles. The van der Waals surface area contributed by atoms with E-state index in [2.05, 4.69) is 21.7 Å². The summed E-state index contributed by atoms with van der Waals surface area (Å²) < 4.78 is 5.26. The van der Waals surface area contributed by atoms with Crippen molar-refractivity contribution in [3.05, 3.63) is 92.2 Å². The Labute approximate surface area is 173 Å². The van der Waals surface area contributed by atoms with Crippen molar-refractivity contribution >= 4 is 23.0 Å². The molecule has 7 nitrogen and oxygen atoms in total. The number of benzene rings is 2. The predicted molar refractivity (Wildman–Crippen MR) is 115 cm³/mol. The highest BCUT2D eigenvalue weighted by Gasteiger charge is 2.05. The SMILES string of the molecule is COc1cccc(CN=C(NCc2ccc([N+](=O)[O-])cc2)NCc2cccs2)c1. The number of methoxy groups -OCH3 is 1. The van der Waals surface area contributed by atoms with E-state index in [4.69, 9.17) is 4.74 Å². The third-order valence-corrected chi connectivity index (χ3v) is 5.05. The number of thiophene rings is 1. The van der Waals surface area contributed by atoms with Crippen molar-refractivity contribution in [1.82, 2.24) is 10.6 Å². The number of aliphatic imine (C=N–C) groups is 1. The van der Waals surface area contributed by atoms with E-state index in [1.807, 2.05) is 35.7 Å². The van der Waals surface area contributed by atoms with Gasteiger partial charge in [0.05, 0.1) is 25.1 Å². The van der Waals surface area contributed by atoms with Gasteiger partial charge in [-0.25, -0.2) is 4.99 Å². The molecule has 1 aromatic heterocycles. The number of guanidine groups is 1. The molecule has 0 radical (unpaired) electrons. The zero-order valence-corrected chi connectivity index (χ0v) is 16.8. The Balaban J connectivity index is 1.66. The van der Waals surface area contributed by atoms with Crippen molar-refractivity contribution < 1.29 is 9.66 Å². The van der Waals surface area contributed by atoms with Crippen LogP contribution in [-0.2, 0) is 19.6 Å². The second-order valence-corrected chi connectivity index (χ2v) is 7.26. The summed E-state index contributed by atoms with van der Waals surface area (Å²) in [5, 5.41) is 19.4. The molecule has 2 N–H and O–H groups in total. The minimum Gasteiger partial charge on any atom is -0.497 e. The summed E-state index contributed by atoms with van der Waals surface area (Å²) in [6.45, 7) is 1.67. The van der Waals surface area contributed by atoms with Crippen LogP contribution in [-0.4, -0.2) is 18.0 Å². The number of hydrogen-bond acceptors (Lipinski definition) is 5. The van der Waals surface area contributed by atoms with Gasteiger partial charge in [-0.3, -0.25) is 10.1 Å². The van der Waals surface area contributed by atoms with E-state index in [9.17, 15) is 10.1 Å². The van der Waals surface area contributed by atoms with E-state index in [0.29, 0.717) is 25.6 Å². The number of nitro groups is 1. The summed E-state index contributed by atoms with van der Waals surface area (Å²) in [6.07, 6.45) is 0. The minimum absolute atomic E-state index is 0.0801. The Bertz CT molecular complexity index is 956. The molecule has 0 spiro atoms. The number of hydrogen-bond donors (Lipinski definition) is 2. The number of nitro benzene ring substituents is 1. The maximum Gasteiger partial charge on any atom is 0.269 e. The summed E-state index contributed by atoms with van der Waals surface area (Å²) in [5.41, 5.74) is 2.05. The molecule has 0 aliphatic rings. The van der Waals surface area contributed by atoms with Crippen LogP contribution in [0.1, 0.15) is 16.0 Å². The standard InChI is InChI=1S/C21H22N4O3S/c1-28-19-5-2-4-17(12-19)14-23-21(24-15-20-6-3-11-29-20)22-13-16-7-9-18(10-8-16)25(26)27/h2-12H,13-15H2,1H3,(H2,22,23,24). The summed E-state index contributed by atoms with van der Waals surface area (Å²) in [4.78, 5) is 16.3. The molecule has 8 heteroatoms. The first-order chi connectivity index (χ1) is 14.1. The summed E-state index contributed by atoms with van der Waals surface area (Å²) >= 11 is 1.68. The van der Waals surface area contributed by atoms with Crippen LogP contribution in [0.2, 0.25) is 0 Å². The third-order valence-electron chi connectivity index (χ3n) is 4.17. The van der Waals surface area contributed by atoms with Crippen molar-refractivity contribution in [2.75, 3.05) is 7.11 Å². The van der Waals surface area contributed by atoms with E-state index in [-0.39, 0.29) is 5.69 Å². The Hall–Kier alpha value is -3.39. The second kappa shape index (κ2) is 10.2. The lowest BCUT2D eigenvalue weighted by molar-refractivity contribution is -0.384. The first kappa shape index (κ1) is 20.3. The molecule has 0 amide bonds. The van der Waals surface area contributed by atoms with Crippen LogP contribution in [0.5, 0.6) is 5.75 Å². The van der Waals surface area contributed by atoms with Crippen LogP contribution in [0.4, 0.5) is 5.69 Å². The van der Waals surface area contributed by atoms with Gasteiger partial charge in [0.1, 0.15) is 5.75 Å². The quantitative estimate of drug-likeness (QED) is 0.253. The van der Waals surface area contributed by atoms with Crippen LogP contribution < -0.4 is 15.4 Å². The molecular formula is C21H22N4O3S. The van der Waals surface area contributed by atoms with Crippen LogP contribution in [0.3, 0.4) is 0 Å². The Morgan fingerprint density at radius 3 is 2.55 bits per heavy atom. The third kappa shape index (κ3) is 6.32. The molecule has 0 saturated heterocycles. The maximum absolute atomic E-state index is 10.8. The van der Waals surface area contributed by atoms with Crippen LogP contribution >= 0.6 is 11.3 Å². The Kier molecular flexibility index (Phi) is 7.18. The van der Waals surface area contributed by atoms with E-state index in [0.717, 1.165) is 16.9 Å². The molecule has 0 atom stereocenters. The Morgan fingerprint density at radius 2 is 1.86 bits per heavy atom. The molecule has 150 valence electrons. The molecule has 0 unspecified atom stereocenters. The first-order valence-corrected chi connectivity index (χ1v) is 9.93. The van der Waals surface area contributed by atoms with Gasteiger partial charge < -0.3 is 15.4 Å². The van der Waals surface area contributed by atoms with Gasteiger partial charge in [-0.2, -0.15) is 0 Å². The molecule has 3 rings (SSSR count). The molecule has 0 fully saturated rings. The summed E-state index contributed by atoms with van der Waals surface area (Å²) in [7, 11) is 1.64. The number of rotatable bonds is 8. The fourth-order valence-electron chi connectivity index (χ4n) is 2.62. The first-order valence-electron chi connectivity index (χ1n) is 9.05. The van der Waals surface area contributed by atoms with Gasteiger partial charge in [0.25, 0.3) is 5.69 Å². The molecule has 29 heavy (non-hydrogen) atoms. The van der Waals surface area contributed by atoms with Gasteiger partial charge in [-0.1, -0.05) is 30.3 Å². The molecule has 1 heterocycles. The van der Waals surface area contributed by atoms with E-state index in [1.165, 1.54) is 17.0 Å². The van der Waals surface area contributed by atoms with Crippen molar-refractivity contribution in [3.63, 3.8) is 0 Å². The number of ether oxygens (including phenoxy) is 1. The molecule has 0 bridgehead atoms. The molecule has 0 saturated carbocycles. The highest BCUT2D eigenvalue weighted by molar-refractivity contribution is 7.09. The average Bonchev–Trinajstić information content (AvgIpc) is 3.27. The molecule has 2 aromatic carbocycles. The average molecular weight is 410 g/mol. The van der Waals surface area contributed by atoms with Crippen molar-refractivity contribution in [1.29, 1.82) is 0 Å². The number of nitrogens with zero attached hydrogens (tertiary/aromatic N) is 2. The van der Waals surface area contributed by atoms with Gasteiger partial charge in [-0.15, -0.1) is 11.3 Å². The molecule has 3 aromatic rings. The van der Waals surface area contributed by atoms with Gasteiger partial charge in [0.15, 0.2) is 5.96 Å². The van der Waals surface area contributed by atoms with Crippen LogP contribution in [0.25, 0.3) is 0 Å². The zero-order chi connectivity index (χ0) is 20.5. The van der Waals surface area contributed by atoms with Crippen LogP contribution in [0.15, 0.2) is 71.0 Å². The highest BCUT2D eigenvalue weighted by Crippen LogP contribution is 2.14. The molecular weight excluding hydrogens is 388 g/mol. The summed E-state index contributed by atoms with van der Waals surface area (Å²) in [6, 6.07) is 18.4. The van der Waals surface area contributed by atoms with Gasteiger partial charge in [0, 0.05) is 23.6 Å². The lowest BCUT2D eigenvalue weighted by Gasteiger charge is -2.12. The largest absolute Gasteiger partial charge is 0.497 e. The number of nitrogens with one attached hydrogen (secondary N) is 2. The highest BCUT2D eigenvalue weighted by atomic mass is 32.1. The lowest BCUT2D eigenvalue weighted by atomic mass is 10.2. The monoisotopic (exact) mass is 410 g/mol. The fourth-order valence-corrected chi connectivity index (χ4v) is 3.27. The topological polar surface area (TPSA) is 88.8 Å². The Morgan fingerprint density at radius 1 is 1.07 bits per heavy atom. The van der Waals surface area contributed by atoms with Crippen molar-refractivity contribution in [2.45, 2.75) is 19.6 Å². The summed E-state index contributed by atoms with van der Waals surface area (Å²) in [5.74, 6) is 1.46. The zero-order valence-electron chi connectivity index (χ0n) is 16.0. The van der Waals surface area contributed by atoms with Gasteiger partial charge >= 0.3 is 0 Å². The van der Waals surface area contributed by atoms with Crippen molar-refractivity contribution in [2.24, 2.45) is 4.99 Å². The number of non-ortho nitro benzene ring substituents is 1. The lowest BCUT2D eigenvalue weighted by Crippen LogP contribution is -2.36. The van der Waals surface area contributed by atoms with E-state index >= 15 is 0 Å². The van der Waals surface area contributed by atoms with E-state index < -0.39 is 4.92 Å². The predicted octanol–water partition coefficient (Wildman–Crippen LogP) is 4.10. The smallest absolute Gasteiger partial charge is 0.269 e.